The zero-order valence-corrected chi connectivity index (χ0v) is 18.3. The van der Waals surface area contributed by atoms with E-state index in [1.54, 1.807) is 0 Å². The Morgan fingerprint density at radius 2 is 1.36 bits per heavy atom. The van der Waals surface area contributed by atoms with E-state index in [2.05, 4.69) is 44.2 Å². The maximum atomic E-state index is 5.89. The monoisotopic (exact) mass is 444 g/mol. The number of benzene rings is 3. The van der Waals surface area contributed by atoms with Gasteiger partial charge in [0, 0.05) is 12.0 Å². The summed E-state index contributed by atoms with van der Waals surface area (Å²) in [6.07, 6.45) is 6.73. The zero-order chi connectivity index (χ0) is 22.4. The van der Waals surface area contributed by atoms with E-state index >= 15 is 0 Å². The number of nitrogens with two attached hydrogens (primary N) is 4. The number of para-hydroxylation sites is 1. The van der Waals surface area contributed by atoms with Gasteiger partial charge in [-0.05, 0) is 40.3 Å². The van der Waals surface area contributed by atoms with Crippen molar-refractivity contribution >= 4 is 16.9 Å². The fourth-order valence-electron chi connectivity index (χ4n) is 3.58. The average Bonchev–Trinajstić information content (AvgIpc) is 2.77. The van der Waals surface area contributed by atoms with Gasteiger partial charge in [0.25, 0.3) is 0 Å². The highest BCUT2D eigenvalue weighted by Gasteiger charge is 2.18. The molecule has 0 amide bonds. The second kappa shape index (κ2) is 12.0. The van der Waals surface area contributed by atoms with E-state index < -0.39 is 5.66 Å². The molecule has 0 unspecified atom stereocenters. The first-order valence-electron chi connectivity index (χ1n) is 10.5. The van der Waals surface area contributed by atoms with Crippen LogP contribution in [0.5, 0.6) is 0 Å². The smallest absolute Gasteiger partial charge is 0.0867 e. The predicted octanol–water partition coefficient (Wildman–Crippen LogP) is 6.56. The minimum Gasteiger partial charge on any atom is -0.397 e. The molecule has 1 aliphatic carbocycles. The summed E-state index contributed by atoms with van der Waals surface area (Å²) in [6, 6.07) is 24.2. The lowest BCUT2D eigenvalue weighted by molar-refractivity contribution is 0.558. The van der Waals surface area contributed by atoms with Gasteiger partial charge in [0.05, 0.1) is 17.0 Å². The lowest BCUT2D eigenvalue weighted by Gasteiger charge is -2.24. The van der Waals surface area contributed by atoms with Crippen LogP contribution in [-0.4, -0.2) is 5.66 Å². The zero-order valence-electron chi connectivity index (χ0n) is 18.3. The summed E-state index contributed by atoms with van der Waals surface area (Å²) < 4.78 is 0. The molecular formula is C29H40N4. The number of hydrogen-bond acceptors (Lipinski definition) is 4. The fraction of sp³-hybridized carbons (Fsp3) is 0.241. The van der Waals surface area contributed by atoms with Crippen molar-refractivity contribution < 1.29 is 0 Å². The standard InChI is InChI=1S/C15H20N2.C12H12N2.2CH4/c1-11(2)13-5-3-4-6-14(13)12-7-9-15(16,17)10-8-12;13-11-8-4-7-10(12(11)14)9-5-2-1-3-6-9;;/h3-9,11H,10,16-17H2,1-2H3;1-8H,13-14H2;2*1H4. The molecule has 1 aliphatic rings. The lowest BCUT2D eigenvalue weighted by atomic mass is 9.88. The quantitative estimate of drug-likeness (QED) is 0.271. The molecule has 0 radical (unpaired) electrons. The number of allylic oxidation sites excluding steroid dienone is 2. The molecule has 0 heterocycles. The number of hydrogen-bond donors (Lipinski definition) is 4. The van der Waals surface area contributed by atoms with E-state index in [1.165, 1.54) is 16.7 Å². The maximum absolute atomic E-state index is 5.89. The molecule has 0 saturated heterocycles. The Balaban J connectivity index is 0.000000316. The van der Waals surface area contributed by atoms with Gasteiger partial charge in [-0.3, -0.25) is 0 Å². The van der Waals surface area contributed by atoms with E-state index in [0.717, 1.165) is 11.1 Å². The predicted molar refractivity (Wildman–Crippen MR) is 148 cm³/mol. The molecule has 0 aliphatic heterocycles. The van der Waals surface area contributed by atoms with Crippen molar-refractivity contribution in [2.45, 2.75) is 46.7 Å². The summed E-state index contributed by atoms with van der Waals surface area (Å²) >= 11 is 0. The number of rotatable bonds is 3. The molecule has 8 N–H and O–H groups in total. The molecule has 0 aromatic heterocycles. The summed E-state index contributed by atoms with van der Waals surface area (Å²) in [7, 11) is 0. The molecule has 3 aromatic carbocycles. The van der Waals surface area contributed by atoms with Crippen LogP contribution in [0.2, 0.25) is 0 Å². The van der Waals surface area contributed by atoms with Crippen molar-refractivity contribution in [2.75, 3.05) is 11.5 Å². The highest BCUT2D eigenvalue weighted by atomic mass is 14.9. The Kier molecular flexibility index (Phi) is 10.1. The molecule has 0 spiro atoms. The minimum absolute atomic E-state index is 0. The Bertz CT molecular complexity index is 1080. The molecule has 0 atom stereocenters. The van der Waals surface area contributed by atoms with Gasteiger partial charge in [0.2, 0.25) is 0 Å². The normalized spacial score (nSPS) is 13.7. The lowest BCUT2D eigenvalue weighted by Crippen LogP contribution is -2.47. The molecular weight excluding hydrogens is 404 g/mol. The average molecular weight is 445 g/mol. The minimum atomic E-state index is -0.684. The molecule has 0 saturated carbocycles. The number of nitrogen functional groups attached to an aromatic ring is 2. The molecule has 3 aromatic rings. The van der Waals surface area contributed by atoms with E-state index in [0.29, 0.717) is 23.7 Å². The third-order valence-corrected chi connectivity index (χ3v) is 5.37. The third-order valence-electron chi connectivity index (χ3n) is 5.37. The second-order valence-electron chi connectivity index (χ2n) is 8.23. The van der Waals surface area contributed by atoms with Crippen molar-refractivity contribution in [3.63, 3.8) is 0 Å². The van der Waals surface area contributed by atoms with E-state index in [9.17, 15) is 0 Å². The van der Waals surface area contributed by atoms with Gasteiger partial charge in [0.15, 0.2) is 0 Å². The third kappa shape index (κ3) is 7.07. The van der Waals surface area contributed by atoms with Crippen molar-refractivity contribution in [3.8, 4) is 11.1 Å². The molecule has 176 valence electrons. The van der Waals surface area contributed by atoms with Crippen molar-refractivity contribution in [1.82, 2.24) is 0 Å². The van der Waals surface area contributed by atoms with Crippen molar-refractivity contribution in [3.05, 3.63) is 102 Å². The van der Waals surface area contributed by atoms with E-state index in [4.69, 9.17) is 22.9 Å². The Morgan fingerprint density at radius 1 is 0.758 bits per heavy atom. The summed E-state index contributed by atoms with van der Waals surface area (Å²) in [5.74, 6) is 0.517. The van der Waals surface area contributed by atoms with Gasteiger partial charge in [-0.2, -0.15) is 0 Å². The maximum Gasteiger partial charge on any atom is 0.0867 e. The van der Waals surface area contributed by atoms with Crippen LogP contribution < -0.4 is 22.9 Å². The van der Waals surface area contributed by atoms with Gasteiger partial charge >= 0.3 is 0 Å². The summed E-state index contributed by atoms with van der Waals surface area (Å²) in [5.41, 5.74) is 29.9. The summed E-state index contributed by atoms with van der Waals surface area (Å²) in [6.45, 7) is 4.42. The van der Waals surface area contributed by atoms with Crippen LogP contribution in [0.25, 0.3) is 16.7 Å². The van der Waals surface area contributed by atoms with Crippen LogP contribution in [0, 0.1) is 0 Å². The Labute approximate surface area is 200 Å². The Morgan fingerprint density at radius 3 is 1.97 bits per heavy atom. The molecule has 33 heavy (non-hydrogen) atoms. The highest BCUT2D eigenvalue weighted by Crippen LogP contribution is 2.30. The van der Waals surface area contributed by atoms with Gasteiger partial charge in [-0.15, -0.1) is 0 Å². The van der Waals surface area contributed by atoms with Crippen LogP contribution in [0.3, 0.4) is 0 Å². The Hall–Kier alpha value is -3.34. The summed E-state index contributed by atoms with van der Waals surface area (Å²) in [4.78, 5) is 0. The molecule has 0 fully saturated rings. The van der Waals surface area contributed by atoms with Gasteiger partial charge in [0.1, 0.15) is 0 Å². The van der Waals surface area contributed by atoms with Crippen LogP contribution in [0.1, 0.15) is 52.2 Å². The van der Waals surface area contributed by atoms with Crippen LogP contribution >= 0.6 is 0 Å². The SMILES string of the molecule is C.C.CC(C)c1ccccc1C1=CCC(N)(N)C=C1.Nc1cccc(-c2ccccc2)c1N. The first kappa shape index (κ1) is 27.7. The topological polar surface area (TPSA) is 104 Å². The highest BCUT2D eigenvalue weighted by molar-refractivity contribution is 5.84. The molecule has 4 nitrogen and oxygen atoms in total. The first-order valence-corrected chi connectivity index (χ1v) is 10.5. The molecule has 0 bridgehead atoms. The first-order chi connectivity index (χ1) is 14.8. The van der Waals surface area contributed by atoms with Gasteiger partial charge in [-0.1, -0.05) is 108 Å². The van der Waals surface area contributed by atoms with E-state index in [-0.39, 0.29) is 14.9 Å². The summed E-state index contributed by atoms with van der Waals surface area (Å²) in [5, 5.41) is 0. The second-order valence-corrected chi connectivity index (χ2v) is 8.23. The van der Waals surface area contributed by atoms with E-state index in [1.807, 2.05) is 60.7 Å². The fourth-order valence-corrected chi connectivity index (χ4v) is 3.58. The van der Waals surface area contributed by atoms with Crippen molar-refractivity contribution in [2.24, 2.45) is 11.5 Å². The van der Waals surface area contributed by atoms with Gasteiger partial charge < -0.3 is 22.9 Å². The van der Waals surface area contributed by atoms with Crippen LogP contribution in [0.15, 0.2) is 91.0 Å². The van der Waals surface area contributed by atoms with Crippen molar-refractivity contribution in [1.29, 1.82) is 0 Å². The molecule has 4 rings (SSSR count). The van der Waals surface area contributed by atoms with Crippen LogP contribution in [0.4, 0.5) is 11.4 Å². The molecule has 4 heteroatoms. The van der Waals surface area contributed by atoms with Crippen LogP contribution in [-0.2, 0) is 0 Å². The number of anilines is 2. The largest absolute Gasteiger partial charge is 0.397 e. The van der Waals surface area contributed by atoms with Gasteiger partial charge in [-0.25, -0.2) is 0 Å².